The first-order valence-corrected chi connectivity index (χ1v) is 4.61. The molecule has 1 amide bonds. The second kappa shape index (κ2) is 5.19. The number of hydrogen-bond donors (Lipinski definition) is 2. The minimum atomic E-state index is -1.13. The van der Waals surface area contributed by atoms with Crippen LogP contribution in [0.5, 0.6) is 0 Å². The molecule has 5 nitrogen and oxygen atoms in total. The summed E-state index contributed by atoms with van der Waals surface area (Å²) in [5, 5.41) is 10.9. The van der Waals surface area contributed by atoms with Crippen molar-refractivity contribution in [2.75, 3.05) is 0 Å². The molecule has 0 aliphatic carbocycles. The van der Waals surface area contributed by atoms with E-state index >= 15 is 0 Å². The smallest absolute Gasteiger partial charge is 0.312 e. The SMILES string of the molecule is CC(Cc1ccco1)NC(=O)CC(=O)O. The van der Waals surface area contributed by atoms with Crippen LogP contribution in [0.1, 0.15) is 19.1 Å². The number of aliphatic carboxylic acids is 1. The van der Waals surface area contributed by atoms with Gasteiger partial charge in [0.2, 0.25) is 5.91 Å². The van der Waals surface area contributed by atoms with Crippen molar-refractivity contribution in [1.82, 2.24) is 5.32 Å². The zero-order valence-electron chi connectivity index (χ0n) is 8.40. The van der Waals surface area contributed by atoms with Crippen molar-refractivity contribution >= 4 is 11.9 Å². The van der Waals surface area contributed by atoms with Gasteiger partial charge in [0.05, 0.1) is 6.26 Å². The highest BCUT2D eigenvalue weighted by Gasteiger charge is 2.12. The Labute approximate surface area is 87.1 Å². The van der Waals surface area contributed by atoms with Gasteiger partial charge in [-0.2, -0.15) is 0 Å². The maximum Gasteiger partial charge on any atom is 0.312 e. The van der Waals surface area contributed by atoms with E-state index in [-0.39, 0.29) is 6.04 Å². The number of carboxylic acid groups (broad SMARTS) is 1. The van der Waals surface area contributed by atoms with Crippen LogP contribution in [0.15, 0.2) is 22.8 Å². The number of nitrogens with one attached hydrogen (secondary N) is 1. The summed E-state index contributed by atoms with van der Waals surface area (Å²) in [5.74, 6) is -0.850. The van der Waals surface area contributed by atoms with E-state index in [1.807, 2.05) is 0 Å². The lowest BCUT2D eigenvalue weighted by molar-refractivity contribution is -0.140. The van der Waals surface area contributed by atoms with Gasteiger partial charge in [-0.3, -0.25) is 9.59 Å². The molecule has 0 fully saturated rings. The van der Waals surface area contributed by atoms with Crippen molar-refractivity contribution in [3.63, 3.8) is 0 Å². The molecule has 1 unspecified atom stereocenters. The molecule has 1 aromatic rings. The lowest BCUT2D eigenvalue weighted by atomic mass is 10.2. The summed E-state index contributed by atoms with van der Waals surface area (Å²) in [4.78, 5) is 21.3. The fourth-order valence-corrected chi connectivity index (χ4v) is 1.24. The van der Waals surface area contributed by atoms with Gasteiger partial charge < -0.3 is 14.8 Å². The van der Waals surface area contributed by atoms with Crippen LogP contribution in [0.2, 0.25) is 0 Å². The maximum absolute atomic E-state index is 11.1. The summed E-state index contributed by atoms with van der Waals surface area (Å²) in [6.45, 7) is 1.79. The molecule has 1 atom stereocenters. The van der Waals surface area contributed by atoms with E-state index in [1.165, 1.54) is 0 Å². The molecule has 0 saturated carbocycles. The van der Waals surface area contributed by atoms with E-state index in [0.29, 0.717) is 6.42 Å². The van der Waals surface area contributed by atoms with Gasteiger partial charge in [-0.15, -0.1) is 0 Å². The molecule has 0 saturated heterocycles. The number of hydrogen-bond acceptors (Lipinski definition) is 3. The molecule has 0 aliphatic heterocycles. The van der Waals surface area contributed by atoms with E-state index in [0.717, 1.165) is 5.76 Å². The summed E-state index contributed by atoms with van der Waals surface area (Å²) in [7, 11) is 0. The highest BCUT2D eigenvalue weighted by atomic mass is 16.4. The second-order valence-electron chi connectivity index (χ2n) is 3.32. The van der Waals surface area contributed by atoms with Crippen molar-refractivity contribution < 1.29 is 19.1 Å². The average Bonchev–Trinajstić information content (AvgIpc) is 2.53. The summed E-state index contributed by atoms with van der Waals surface area (Å²) in [6.07, 6.45) is 1.61. The van der Waals surface area contributed by atoms with Crippen LogP contribution in [0, 0.1) is 0 Å². The lowest BCUT2D eigenvalue weighted by Gasteiger charge is -2.11. The third-order valence-electron chi connectivity index (χ3n) is 1.81. The molecule has 1 aromatic heterocycles. The first-order valence-electron chi connectivity index (χ1n) is 4.61. The minimum Gasteiger partial charge on any atom is -0.481 e. The summed E-state index contributed by atoms with van der Waals surface area (Å²) < 4.78 is 5.10. The van der Waals surface area contributed by atoms with Crippen molar-refractivity contribution in [2.24, 2.45) is 0 Å². The van der Waals surface area contributed by atoms with E-state index in [2.05, 4.69) is 5.32 Å². The van der Waals surface area contributed by atoms with Crippen LogP contribution >= 0.6 is 0 Å². The molecule has 5 heteroatoms. The molecule has 2 N–H and O–H groups in total. The first-order chi connectivity index (χ1) is 7.08. The van der Waals surface area contributed by atoms with E-state index in [1.54, 1.807) is 25.3 Å². The molecule has 15 heavy (non-hydrogen) atoms. The molecular weight excluding hydrogens is 198 g/mol. The van der Waals surface area contributed by atoms with Crippen LogP contribution in [0.3, 0.4) is 0 Å². The van der Waals surface area contributed by atoms with Gasteiger partial charge in [0.1, 0.15) is 12.2 Å². The van der Waals surface area contributed by atoms with E-state index in [9.17, 15) is 9.59 Å². The quantitative estimate of drug-likeness (QED) is 0.706. The standard InChI is InChI=1S/C10H13NO4/c1-7(5-8-3-2-4-15-8)11-9(12)6-10(13)14/h2-4,7H,5-6H2,1H3,(H,11,12)(H,13,14). The summed E-state index contributed by atoms with van der Waals surface area (Å²) >= 11 is 0. The zero-order chi connectivity index (χ0) is 11.3. The van der Waals surface area contributed by atoms with Crippen LogP contribution in [-0.2, 0) is 16.0 Å². The predicted octanol–water partition coefficient (Wildman–Crippen LogP) is 0.802. The predicted molar refractivity (Wildman–Crippen MR) is 52.3 cm³/mol. The Hall–Kier alpha value is -1.78. The molecule has 1 heterocycles. The Balaban J connectivity index is 2.32. The number of furan rings is 1. The van der Waals surface area contributed by atoms with Gasteiger partial charge in [0, 0.05) is 12.5 Å². The molecular formula is C10H13NO4. The van der Waals surface area contributed by atoms with Crippen LogP contribution in [-0.4, -0.2) is 23.0 Å². The Morgan fingerprint density at radius 2 is 2.33 bits per heavy atom. The number of carbonyl (C=O) groups is 2. The van der Waals surface area contributed by atoms with Crippen LogP contribution in [0.4, 0.5) is 0 Å². The zero-order valence-corrected chi connectivity index (χ0v) is 8.40. The van der Waals surface area contributed by atoms with E-state index < -0.39 is 18.3 Å². The lowest BCUT2D eigenvalue weighted by Crippen LogP contribution is -2.35. The first kappa shape index (κ1) is 11.3. The molecule has 0 bridgehead atoms. The highest BCUT2D eigenvalue weighted by Crippen LogP contribution is 2.03. The van der Waals surface area contributed by atoms with Crippen molar-refractivity contribution in [2.45, 2.75) is 25.8 Å². The molecule has 1 rings (SSSR count). The highest BCUT2D eigenvalue weighted by molar-refractivity contribution is 5.93. The third-order valence-corrected chi connectivity index (χ3v) is 1.81. The fourth-order valence-electron chi connectivity index (χ4n) is 1.24. The minimum absolute atomic E-state index is 0.136. The Kier molecular flexibility index (Phi) is 3.91. The monoisotopic (exact) mass is 211 g/mol. The Morgan fingerprint density at radius 1 is 1.60 bits per heavy atom. The van der Waals surface area contributed by atoms with Gasteiger partial charge in [-0.25, -0.2) is 0 Å². The average molecular weight is 211 g/mol. The van der Waals surface area contributed by atoms with Crippen molar-refractivity contribution in [1.29, 1.82) is 0 Å². The topological polar surface area (TPSA) is 79.5 Å². The number of carboxylic acids is 1. The van der Waals surface area contributed by atoms with E-state index in [4.69, 9.17) is 9.52 Å². The van der Waals surface area contributed by atoms with Crippen molar-refractivity contribution in [3.05, 3.63) is 24.2 Å². The Morgan fingerprint density at radius 3 is 2.87 bits per heavy atom. The van der Waals surface area contributed by atoms with Gasteiger partial charge in [0.25, 0.3) is 0 Å². The maximum atomic E-state index is 11.1. The number of rotatable bonds is 5. The molecule has 0 aromatic carbocycles. The third kappa shape index (κ3) is 4.30. The second-order valence-corrected chi connectivity index (χ2v) is 3.32. The van der Waals surface area contributed by atoms with Gasteiger partial charge in [-0.05, 0) is 19.1 Å². The molecule has 0 aliphatic rings. The fraction of sp³-hybridized carbons (Fsp3) is 0.400. The number of carbonyl (C=O) groups excluding carboxylic acids is 1. The summed E-state index contributed by atoms with van der Waals surface area (Å²) in [5.41, 5.74) is 0. The Bertz CT molecular complexity index is 331. The van der Waals surface area contributed by atoms with Crippen LogP contribution in [0.25, 0.3) is 0 Å². The van der Waals surface area contributed by atoms with Gasteiger partial charge in [-0.1, -0.05) is 0 Å². The molecule has 0 radical (unpaired) electrons. The van der Waals surface area contributed by atoms with Crippen LogP contribution < -0.4 is 5.32 Å². The largest absolute Gasteiger partial charge is 0.481 e. The van der Waals surface area contributed by atoms with Gasteiger partial charge >= 0.3 is 5.97 Å². The summed E-state index contributed by atoms with van der Waals surface area (Å²) in [6, 6.07) is 3.43. The molecule has 0 spiro atoms. The van der Waals surface area contributed by atoms with Crippen molar-refractivity contribution in [3.8, 4) is 0 Å². The number of amides is 1. The molecule has 82 valence electrons. The van der Waals surface area contributed by atoms with Gasteiger partial charge in [0.15, 0.2) is 0 Å². The normalized spacial score (nSPS) is 12.1.